The molecule has 1 saturated heterocycles. The minimum absolute atomic E-state index is 0.0814. The summed E-state index contributed by atoms with van der Waals surface area (Å²) in [7, 11) is -3.37. The summed E-state index contributed by atoms with van der Waals surface area (Å²) in [6.07, 6.45) is 0.535. The minimum atomic E-state index is -3.37. The van der Waals surface area contributed by atoms with E-state index in [9.17, 15) is 13.2 Å². The molecule has 1 aliphatic heterocycles. The molecule has 5 nitrogen and oxygen atoms in total. The number of benzene rings is 2. The molecule has 1 aliphatic rings. The SMILES string of the molecule is O=C(Nc1ccc(Cl)c(N2CCCS2(=O)=O)c1)c1cc(Cl)ccc1Cl. The Morgan fingerprint density at radius 1 is 1.04 bits per heavy atom. The Bertz CT molecular complexity index is 948. The molecule has 2 aromatic carbocycles. The Hall–Kier alpha value is -1.47. The topological polar surface area (TPSA) is 66.5 Å². The van der Waals surface area contributed by atoms with Gasteiger partial charge >= 0.3 is 0 Å². The molecular formula is C16H13Cl3N2O3S. The normalized spacial score (nSPS) is 16.0. The quantitative estimate of drug-likeness (QED) is 0.800. The van der Waals surface area contributed by atoms with Crippen molar-refractivity contribution in [3.05, 3.63) is 57.0 Å². The molecule has 0 unspecified atom stereocenters. The maximum Gasteiger partial charge on any atom is 0.257 e. The van der Waals surface area contributed by atoms with Crippen LogP contribution in [-0.4, -0.2) is 26.6 Å². The van der Waals surface area contributed by atoms with Gasteiger partial charge in [0, 0.05) is 17.3 Å². The van der Waals surface area contributed by atoms with Gasteiger partial charge in [-0.15, -0.1) is 0 Å². The summed E-state index contributed by atoms with van der Waals surface area (Å²) in [5, 5.41) is 3.62. The third kappa shape index (κ3) is 3.87. The summed E-state index contributed by atoms with van der Waals surface area (Å²) in [5.74, 6) is -0.372. The molecule has 3 rings (SSSR count). The largest absolute Gasteiger partial charge is 0.322 e. The number of carbonyl (C=O) groups is 1. The average molecular weight is 420 g/mol. The van der Waals surface area contributed by atoms with Gasteiger partial charge in [0.25, 0.3) is 5.91 Å². The third-order valence-electron chi connectivity index (χ3n) is 3.75. The Kier molecular flexibility index (Phi) is 5.16. The highest BCUT2D eigenvalue weighted by atomic mass is 35.5. The predicted octanol–water partition coefficient (Wildman–Crippen LogP) is 4.44. The molecule has 1 amide bonds. The zero-order valence-corrected chi connectivity index (χ0v) is 15.9. The minimum Gasteiger partial charge on any atom is -0.322 e. The Morgan fingerprint density at radius 3 is 2.44 bits per heavy atom. The van der Waals surface area contributed by atoms with E-state index in [0.29, 0.717) is 34.4 Å². The van der Waals surface area contributed by atoms with E-state index in [1.165, 1.54) is 22.5 Å². The van der Waals surface area contributed by atoms with E-state index in [4.69, 9.17) is 34.8 Å². The van der Waals surface area contributed by atoms with Crippen LogP contribution in [0.2, 0.25) is 15.1 Å². The molecule has 9 heteroatoms. The number of anilines is 2. The second kappa shape index (κ2) is 7.03. The first-order valence-electron chi connectivity index (χ1n) is 7.34. The molecule has 0 aromatic heterocycles. The van der Waals surface area contributed by atoms with Crippen LogP contribution in [0.1, 0.15) is 16.8 Å². The third-order valence-corrected chi connectivity index (χ3v) is 6.48. The monoisotopic (exact) mass is 418 g/mol. The molecule has 2 aromatic rings. The highest BCUT2D eigenvalue weighted by Gasteiger charge is 2.30. The number of hydrogen-bond donors (Lipinski definition) is 1. The number of nitrogens with one attached hydrogen (secondary N) is 1. The lowest BCUT2D eigenvalue weighted by atomic mass is 10.2. The van der Waals surface area contributed by atoms with Crippen LogP contribution >= 0.6 is 34.8 Å². The van der Waals surface area contributed by atoms with E-state index < -0.39 is 15.9 Å². The molecule has 0 bridgehead atoms. The maximum absolute atomic E-state index is 12.4. The number of sulfonamides is 1. The van der Waals surface area contributed by atoms with Crippen LogP contribution in [-0.2, 0) is 10.0 Å². The molecule has 25 heavy (non-hydrogen) atoms. The van der Waals surface area contributed by atoms with Crippen molar-refractivity contribution in [3.63, 3.8) is 0 Å². The van der Waals surface area contributed by atoms with E-state index in [1.807, 2.05) is 0 Å². The molecule has 0 radical (unpaired) electrons. The summed E-state index contributed by atoms with van der Waals surface area (Å²) < 4.78 is 25.5. The molecule has 0 spiro atoms. The van der Waals surface area contributed by atoms with E-state index in [-0.39, 0.29) is 16.3 Å². The lowest BCUT2D eigenvalue weighted by Crippen LogP contribution is -2.25. The highest BCUT2D eigenvalue weighted by Crippen LogP contribution is 2.34. The van der Waals surface area contributed by atoms with Gasteiger partial charge < -0.3 is 5.32 Å². The number of amides is 1. The van der Waals surface area contributed by atoms with Gasteiger partial charge in [-0.2, -0.15) is 0 Å². The predicted molar refractivity (Wildman–Crippen MR) is 102 cm³/mol. The van der Waals surface area contributed by atoms with Crippen molar-refractivity contribution in [1.29, 1.82) is 0 Å². The fourth-order valence-corrected chi connectivity index (χ4v) is 4.78. The highest BCUT2D eigenvalue weighted by molar-refractivity contribution is 7.93. The summed E-state index contributed by atoms with van der Waals surface area (Å²) >= 11 is 18.1. The number of halogens is 3. The summed E-state index contributed by atoms with van der Waals surface area (Å²) in [5.41, 5.74) is 0.969. The van der Waals surface area contributed by atoms with Gasteiger partial charge in [-0.3, -0.25) is 9.10 Å². The van der Waals surface area contributed by atoms with Gasteiger partial charge in [-0.05, 0) is 42.8 Å². The zero-order valence-electron chi connectivity index (χ0n) is 12.8. The maximum atomic E-state index is 12.4. The molecule has 132 valence electrons. The average Bonchev–Trinajstić information content (AvgIpc) is 2.90. The van der Waals surface area contributed by atoms with Gasteiger partial charge in [0.2, 0.25) is 10.0 Å². The fraction of sp³-hybridized carbons (Fsp3) is 0.188. The van der Waals surface area contributed by atoms with E-state index >= 15 is 0 Å². The molecule has 1 fully saturated rings. The number of carbonyl (C=O) groups excluding carboxylic acids is 1. The van der Waals surface area contributed by atoms with Crippen molar-refractivity contribution in [2.75, 3.05) is 21.9 Å². The van der Waals surface area contributed by atoms with Crippen molar-refractivity contribution >= 4 is 62.1 Å². The lowest BCUT2D eigenvalue weighted by Gasteiger charge is -2.19. The van der Waals surface area contributed by atoms with Crippen molar-refractivity contribution in [3.8, 4) is 0 Å². The standard InChI is InChI=1S/C16H13Cl3N2O3S/c17-10-2-4-13(18)12(8-10)16(22)20-11-3-5-14(19)15(9-11)21-6-1-7-25(21,23)24/h2-5,8-9H,1,6-7H2,(H,20,22). The van der Waals surface area contributed by atoms with Crippen LogP contribution < -0.4 is 9.62 Å². The number of hydrogen-bond acceptors (Lipinski definition) is 3. The number of nitrogens with zero attached hydrogens (tertiary/aromatic N) is 1. The van der Waals surface area contributed by atoms with Gasteiger partial charge in [0.05, 0.1) is 27.0 Å². The van der Waals surface area contributed by atoms with Gasteiger partial charge in [0.15, 0.2) is 0 Å². The number of rotatable bonds is 3. The summed E-state index contributed by atoms with van der Waals surface area (Å²) in [6.45, 7) is 0.361. The summed E-state index contributed by atoms with van der Waals surface area (Å²) in [4.78, 5) is 12.4. The lowest BCUT2D eigenvalue weighted by molar-refractivity contribution is 0.102. The van der Waals surface area contributed by atoms with Crippen LogP contribution in [0.15, 0.2) is 36.4 Å². The molecule has 0 atom stereocenters. The van der Waals surface area contributed by atoms with Gasteiger partial charge in [0.1, 0.15) is 0 Å². The van der Waals surface area contributed by atoms with Crippen molar-refractivity contribution < 1.29 is 13.2 Å². The van der Waals surface area contributed by atoms with Gasteiger partial charge in [-0.25, -0.2) is 8.42 Å². The molecular weight excluding hydrogens is 407 g/mol. The zero-order chi connectivity index (χ0) is 18.2. The fourth-order valence-electron chi connectivity index (χ4n) is 2.56. The Labute approximate surface area is 160 Å². The first-order chi connectivity index (χ1) is 11.8. The van der Waals surface area contributed by atoms with Crippen molar-refractivity contribution in [2.45, 2.75) is 6.42 Å². The summed E-state index contributed by atoms with van der Waals surface area (Å²) in [6, 6.07) is 9.23. The van der Waals surface area contributed by atoms with Crippen LogP contribution in [0.25, 0.3) is 0 Å². The Balaban J connectivity index is 1.90. The van der Waals surface area contributed by atoms with Crippen molar-refractivity contribution in [1.82, 2.24) is 0 Å². The van der Waals surface area contributed by atoms with Gasteiger partial charge in [-0.1, -0.05) is 34.8 Å². The Morgan fingerprint density at radius 2 is 1.76 bits per heavy atom. The molecule has 0 aliphatic carbocycles. The first kappa shape index (κ1) is 18.3. The van der Waals surface area contributed by atoms with Crippen LogP contribution in [0.4, 0.5) is 11.4 Å². The van der Waals surface area contributed by atoms with Crippen LogP contribution in [0.5, 0.6) is 0 Å². The first-order valence-corrected chi connectivity index (χ1v) is 10.1. The molecule has 0 saturated carbocycles. The van der Waals surface area contributed by atoms with E-state index in [2.05, 4.69) is 5.32 Å². The van der Waals surface area contributed by atoms with Crippen molar-refractivity contribution in [2.24, 2.45) is 0 Å². The van der Waals surface area contributed by atoms with E-state index in [1.54, 1.807) is 18.2 Å². The second-order valence-electron chi connectivity index (χ2n) is 5.49. The smallest absolute Gasteiger partial charge is 0.257 e. The molecule has 1 N–H and O–H groups in total. The molecule has 1 heterocycles. The van der Waals surface area contributed by atoms with E-state index in [0.717, 1.165) is 0 Å². The van der Waals surface area contributed by atoms with Crippen LogP contribution in [0.3, 0.4) is 0 Å². The van der Waals surface area contributed by atoms with Crippen LogP contribution in [0, 0.1) is 0 Å². The second-order valence-corrected chi connectivity index (χ2v) is 8.75.